The summed E-state index contributed by atoms with van der Waals surface area (Å²) in [4.78, 5) is 11.6. The molecule has 0 aliphatic carbocycles. The molecule has 0 spiro atoms. The Kier molecular flexibility index (Phi) is 6.83. The van der Waals surface area contributed by atoms with Crippen molar-refractivity contribution < 1.29 is 22.7 Å². The number of carbonyl (C=O) groups excluding carboxylic acids is 1. The molecular formula is C20H20F3NO2. The maximum absolute atomic E-state index is 13.8. The van der Waals surface area contributed by atoms with Crippen LogP contribution in [0, 0.1) is 17.5 Å². The molecule has 2 rings (SSSR count). The van der Waals surface area contributed by atoms with Gasteiger partial charge >= 0.3 is 5.97 Å². The van der Waals surface area contributed by atoms with E-state index >= 15 is 0 Å². The lowest BCUT2D eigenvalue weighted by atomic mass is 10.0. The molecule has 0 bridgehead atoms. The highest BCUT2D eigenvalue weighted by atomic mass is 19.2. The van der Waals surface area contributed by atoms with Gasteiger partial charge in [0.15, 0.2) is 11.6 Å². The zero-order valence-corrected chi connectivity index (χ0v) is 14.6. The van der Waals surface area contributed by atoms with E-state index in [1.807, 2.05) is 37.3 Å². The molecular weight excluding hydrogens is 343 g/mol. The summed E-state index contributed by atoms with van der Waals surface area (Å²) in [6.07, 6.45) is 1.60. The number of aryl methyl sites for hydroxylation is 1. The van der Waals surface area contributed by atoms with E-state index in [9.17, 15) is 18.0 Å². The fourth-order valence-corrected chi connectivity index (χ4v) is 2.52. The number of nitrogens with one attached hydrogen (secondary N) is 1. The van der Waals surface area contributed by atoms with Crippen LogP contribution in [0.15, 0.2) is 54.2 Å². The highest BCUT2D eigenvalue weighted by Gasteiger charge is 2.13. The molecule has 0 heterocycles. The zero-order chi connectivity index (χ0) is 19.1. The minimum atomic E-state index is -1.23. The number of methoxy groups -OCH3 is 1. The number of carbonyl (C=O) groups is 1. The van der Waals surface area contributed by atoms with Crippen molar-refractivity contribution in [2.75, 3.05) is 7.11 Å². The Balaban J connectivity index is 2.14. The minimum Gasteiger partial charge on any atom is -0.466 e. The predicted molar refractivity (Wildman–Crippen MR) is 92.7 cm³/mol. The summed E-state index contributed by atoms with van der Waals surface area (Å²) in [5, 5.41) is 3.18. The number of allylic oxidation sites excluding steroid dienone is 1. The smallest absolute Gasteiger partial charge is 0.332 e. The van der Waals surface area contributed by atoms with E-state index in [1.165, 1.54) is 13.2 Å². The average Bonchev–Trinajstić information content (AvgIpc) is 2.63. The van der Waals surface area contributed by atoms with Crippen molar-refractivity contribution in [2.45, 2.75) is 25.8 Å². The molecule has 2 aromatic rings. The van der Waals surface area contributed by atoms with Gasteiger partial charge in [0, 0.05) is 23.9 Å². The largest absolute Gasteiger partial charge is 0.466 e. The van der Waals surface area contributed by atoms with Crippen LogP contribution in [0.2, 0.25) is 0 Å². The Morgan fingerprint density at radius 3 is 2.42 bits per heavy atom. The van der Waals surface area contributed by atoms with E-state index in [-0.39, 0.29) is 24.4 Å². The molecule has 1 atom stereocenters. The standard InChI is InChI=1S/C20H20F3NO2/c1-13(14-6-4-3-5-7-14)24-16(11-20(25)26-2)9-8-15-10-18(22)19(23)12-17(15)21/h3-7,10-13,24H,8-9H2,1-2H3/t13-/m1/s1. The third-order valence-corrected chi connectivity index (χ3v) is 3.95. The Morgan fingerprint density at radius 1 is 1.12 bits per heavy atom. The summed E-state index contributed by atoms with van der Waals surface area (Å²) < 4.78 is 44.8. The quantitative estimate of drug-likeness (QED) is 0.449. The Morgan fingerprint density at radius 2 is 1.77 bits per heavy atom. The number of ether oxygens (including phenoxy) is 1. The van der Waals surface area contributed by atoms with Crippen LogP contribution in [0.1, 0.15) is 30.5 Å². The van der Waals surface area contributed by atoms with Gasteiger partial charge in [-0.05, 0) is 37.0 Å². The number of esters is 1. The van der Waals surface area contributed by atoms with Gasteiger partial charge in [-0.1, -0.05) is 30.3 Å². The summed E-state index contributed by atoms with van der Waals surface area (Å²) in [5.41, 5.74) is 1.55. The first-order valence-corrected chi connectivity index (χ1v) is 8.14. The molecule has 3 nitrogen and oxygen atoms in total. The third kappa shape index (κ3) is 5.37. The van der Waals surface area contributed by atoms with Crippen LogP contribution in [0.3, 0.4) is 0 Å². The monoisotopic (exact) mass is 363 g/mol. The van der Waals surface area contributed by atoms with Crippen LogP contribution in [0.4, 0.5) is 13.2 Å². The van der Waals surface area contributed by atoms with Gasteiger partial charge in [-0.25, -0.2) is 18.0 Å². The summed E-state index contributed by atoms with van der Waals surface area (Å²) in [6, 6.07) is 10.8. The number of hydrogen-bond donors (Lipinski definition) is 1. The van der Waals surface area contributed by atoms with Crippen molar-refractivity contribution in [2.24, 2.45) is 0 Å². The van der Waals surface area contributed by atoms with E-state index < -0.39 is 23.4 Å². The van der Waals surface area contributed by atoms with Gasteiger partial charge in [-0.2, -0.15) is 0 Å². The zero-order valence-electron chi connectivity index (χ0n) is 14.6. The van der Waals surface area contributed by atoms with Crippen LogP contribution < -0.4 is 5.32 Å². The van der Waals surface area contributed by atoms with Gasteiger partial charge in [0.05, 0.1) is 7.11 Å². The summed E-state index contributed by atoms with van der Waals surface area (Å²) in [6.45, 7) is 1.92. The first-order valence-electron chi connectivity index (χ1n) is 8.14. The lowest BCUT2D eigenvalue weighted by molar-refractivity contribution is -0.134. The molecule has 0 fully saturated rings. The molecule has 0 aromatic heterocycles. The number of rotatable bonds is 7. The van der Waals surface area contributed by atoms with Gasteiger partial charge in [0.1, 0.15) is 5.82 Å². The van der Waals surface area contributed by atoms with E-state index in [2.05, 4.69) is 10.1 Å². The Bertz CT molecular complexity index is 791. The van der Waals surface area contributed by atoms with Crippen molar-refractivity contribution >= 4 is 5.97 Å². The molecule has 0 radical (unpaired) electrons. The Labute approximate surface area is 150 Å². The fourth-order valence-electron chi connectivity index (χ4n) is 2.52. The Hall–Kier alpha value is -2.76. The van der Waals surface area contributed by atoms with Crippen molar-refractivity contribution in [1.29, 1.82) is 0 Å². The van der Waals surface area contributed by atoms with E-state index in [0.29, 0.717) is 11.8 Å². The second-order valence-corrected chi connectivity index (χ2v) is 5.83. The van der Waals surface area contributed by atoms with E-state index in [1.54, 1.807) is 0 Å². The van der Waals surface area contributed by atoms with Gasteiger partial charge < -0.3 is 10.1 Å². The van der Waals surface area contributed by atoms with Crippen LogP contribution in [-0.4, -0.2) is 13.1 Å². The van der Waals surface area contributed by atoms with Crippen LogP contribution in [0.5, 0.6) is 0 Å². The molecule has 138 valence electrons. The normalized spacial score (nSPS) is 12.6. The minimum absolute atomic E-state index is 0.0360. The molecule has 1 N–H and O–H groups in total. The summed E-state index contributed by atoms with van der Waals surface area (Å²) in [7, 11) is 1.26. The molecule has 0 aliphatic heterocycles. The number of hydrogen-bond acceptors (Lipinski definition) is 3. The molecule has 0 unspecified atom stereocenters. The lowest BCUT2D eigenvalue weighted by Crippen LogP contribution is -2.20. The fraction of sp³-hybridized carbons (Fsp3) is 0.250. The molecule has 0 aliphatic rings. The van der Waals surface area contributed by atoms with Crippen molar-refractivity contribution in [1.82, 2.24) is 5.32 Å². The third-order valence-electron chi connectivity index (χ3n) is 3.95. The van der Waals surface area contributed by atoms with Crippen LogP contribution in [0.25, 0.3) is 0 Å². The molecule has 26 heavy (non-hydrogen) atoms. The van der Waals surface area contributed by atoms with Crippen molar-refractivity contribution in [3.05, 3.63) is 82.8 Å². The molecule has 0 saturated heterocycles. The SMILES string of the molecule is COC(=O)C=C(CCc1cc(F)c(F)cc1F)N[C@H](C)c1ccccc1. The van der Waals surface area contributed by atoms with Gasteiger partial charge in [-0.15, -0.1) is 0 Å². The maximum Gasteiger partial charge on any atom is 0.332 e. The highest BCUT2D eigenvalue weighted by molar-refractivity contribution is 5.82. The van der Waals surface area contributed by atoms with Crippen LogP contribution in [-0.2, 0) is 16.0 Å². The molecule has 2 aromatic carbocycles. The maximum atomic E-state index is 13.8. The first-order chi connectivity index (χ1) is 12.4. The van der Waals surface area contributed by atoms with Gasteiger partial charge in [0.25, 0.3) is 0 Å². The molecule has 6 heteroatoms. The van der Waals surface area contributed by atoms with Gasteiger partial charge in [-0.3, -0.25) is 0 Å². The van der Waals surface area contributed by atoms with E-state index in [0.717, 1.165) is 11.6 Å². The summed E-state index contributed by atoms with van der Waals surface area (Å²) in [5.74, 6) is -3.71. The van der Waals surface area contributed by atoms with Gasteiger partial charge in [0.2, 0.25) is 0 Å². The lowest BCUT2D eigenvalue weighted by Gasteiger charge is -2.18. The average molecular weight is 363 g/mol. The predicted octanol–water partition coefficient (Wildman–Crippen LogP) is 4.44. The molecule has 0 amide bonds. The molecule has 0 saturated carbocycles. The highest BCUT2D eigenvalue weighted by Crippen LogP contribution is 2.19. The van der Waals surface area contributed by atoms with Crippen molar-refractivity contribution in [3.63, 3.8) is 0 Å². The second-order valence-electron chi connectivity index (χ2n) is 5.83. The summed E-state index contributed by atoms with van der Waals surface area (Å²) >= 11 is 0. The number of halogens is 3. The second kappa shape index (κ2) is 9.08. The van der Waals surface area contributed by atoms with E-state index in [4.69, 9.17) is 0 Å². The topological polar surface area (TPSA) is 38.3 Å². The number of benzene rings is 2. The van der Waals surface area contributed by atoms with Crippen molar-refractivity contribution in [3.8, 4) is 0 Å². The first kappa shape index (κ1) is 19.6. The van der Waals surface area contributed by atoms with Crippen LogP contribution >= 0.6 is 0 Å².